The van der Waals surface area contributed by atoms with Gasteiger partial charge in [-0.25, -0.2) is 0 Å². The summed E-state index contributed by atoms with van der Waals surface area (Å²) in [6.07, 6.45) is 0. The van der Waals surface area contributed by atoms with Crippen molar-refractivity contribution in [2.45, 2.75) is 20.8 Å². The number of anilines is 1. The Hall–Kier alpha value is -2.82. The molecule has 0 aliphatic heterocycles. The third-order valence-corrected chi connectivity index (χ3v) is 3.59. The van der Waals surface area contributed by atoms with Crippen molar-refractivity contribution in [3.8, 4) is 5.75 Å². The van der Waals surface area contributed by atoms with Crippen LogP contribution in [0.25, 0.3) is 0 Å². The van der Waals surface area contributed by atoms with Gasteiger partial charge in [0.1, 0.15) is 5.75 Å². The molecule has 2 amide bonds. The molecule has 2 aromatic carbocycles. The first-order chi connectivity index (χ1) is 11.4. The summed E-state index contributed by atoms with van der Waals surface area (Å²) in [6.45, 7) is 5.85. The molecule has 0 saturated heterocycles. The van der Waals surface area contributed by atoms with Crippen LogP contribution in [0.2, 0.25) is 0 Å². The first kappa shape index (κ1) is 17.5. The van der Waals surface area contributed by atoms with Gasteiger partial charge in [0.15, 0.2) is 6.61 Å². The molecule has 0 atom stereocenters. The Morgan fingerprint density at radius 1 is 1.04 bits per heavy atom. The minimum atomic E-state index is -0.275. The number of carbonyl (C=O) groups is 2. The second kappa shape index (κ2) is 7.64. The zero-order chi connectivity index (χ0) is 17.7. The van der Waals surface area contributed by atoms with Gasteiger partial charge in [-0.1, -0.05) is 23.8 Å². The minimum Gasteiger partial charge on any atom is -0.483 e. The highest BCUT2D eigenvalue weighted by Crippen LogP contribution is 2.24. The van der Waals surface area contributed by atoms with Crippen LogP contribution in [-0.4, -0.2) is 25.5 Å². The number of carbonyl (C=O) groups excluding carboxylic acids is 2. The van der Waals surface area contributed by atoms with Crippen molar-refractivity contribution in [3.63, 3.8) is 0 Å². The molecule has 5 nitrogen and oxygen atoms in total. The molecule has 0 aliphatic rings. The monoisotopic (exact) mass is 326 g/mol. The van der Waals surface area contributed by atoms with Gasteiger partial charge in [-0.3, -0.25) is 9.59 Å². The van der Waals surface area contributed by atoms with Gasteiger partial charge in [0.2, 0.25) is 0 Å². The molecule has 0 heterocycles. The van der Waals surface area contributed by atoms with Crippen molar-refractivity contribution < 1.29 is 14.3 Å². The fraction of sp³-hybridized carbons (Fsp3) is 0.263. The van der Waals surface area contributed by atoms with E-state index in [1.165, 1.54) is 0 Å². The molecule has 5 heteroatoms. The van der Waals surface area contributed by atoms with E-state index in [1.807, 2.05) is 32.9 Å². The molecule has 0 fully saturated rings. The lowest BCUT2D eigenvalue weighted by atomic mass is 10.1. The zero-order valence-corrected chi connectivity index (χ0v) is 14.4. The van der Waals surface area contributed by atoms with Gasteiger partial charge in [-0.2, -0.15) is 0 Å². The number of hydrogen-bond donors (Lipinski definition) is 2. The van der Waals surface area contributed by atoms with Crippen LogP contribution in [0.15, 0.2) is 36.4 Å². The molecule has 0 aliphatic carbocycles. The summed E-state index contributed by atoms with van der Waals surface area (Å²) in [4.78, 5) is 23.7. The Morgan fingerprint density at radius 2 is 1.71 bits per heavy atom. The van der Waals surface area contributed by atoms with Crippen molar-refractivity contribution in [1.29, 1.82) is 0 Å². The third kappa shape index (κ3) is 4.35. The molecule has 2 aromatic rings. The van der Waals surface area contributed by atoms with Crippen molar-refractivity contribution in [2.24, 2.45) is 0 Å². The zero-order valence-electron chi connectivity index (χ0n) is 14.4. The first-order valence-corrected chi connectivity index (χ1v) is 7.73. The summed E-state index contributed by atoms with van der Waals surface area (Å²) in [7, 11) is 1.56. The molecule has 2 rings (SSSR count). The van der Waals surface area contributed by atoms with Crippen LogP contribution in [0.3, 0.4) is 0 Å². The van der Waals surface area contributed by atoms with Gasteiger partial charge >= 0.3 is 0 Å². The number of nitrogens with one attached hydrogen (secondary N) is 2. The SMILES string of the molecule is CNC(=O)c1cccc(NC(=O)COc2c(C)cc(C)cc2C)c1. The minimum absolute atomic E-state index is 0.0884. The van der Waals surface area contributed by atoms with Gasteiger partial charge in [-0.15, -0.1) is 0 Å². The Morgan fingerprint density at radius 3 is 2.33 bits per heavy atom. The van der Waals surface area contributed by atoms with Crippen molar-refractivity contribution >= 4 is 17.5 Å². The maximum atomic E-state index is 12.1. The molecular weight excluding hydrogens is 304 g/mol. The Labute approximate surface area is 142 Å². The van der Waals surface area contributed by atoms with Gasteiger partial charge < -0.3 is 15.4 Å². The predicted octanol–water partition coefficient (Wildman–Crippen LogP) is 2.99. The maximum Gasteiger partial charge on any atom is 0.262 e. The molecule has 0 unspecified atom stereocenters. The van der Waals surface area contributed by atoms with E-state index >= 15 is 0 Å². The lowest BCUT2D eigenvalue weighted by Crippen LogP contribution is -2.21. The van der Waals surface area contributed by atoms with E-state index in [0.29, 0.717) is 11.3 Å². The molecule has 0 spiro atoms. The van der Waals surface area contributed by atoms with Crippen LogP contribution in [-0.2, 0) is 4.79 Å². The van der Waals surface area contributed by atoms with Crippen molar-refractivity contribution in [1.82, 2.24) is 5.32 Å². The van der Waals surface area contributed by atoms with Crippen LogP contribution in [0.5, 0.6) is 5.75 Å². The normalized spacial score (nSPS) is 10.2. The van der Waals surface area contributed by atoms with E-state index in [0.717, 1.165) is 22.4 Å². The largest absolute Gasteiger partial charge is 0.483 e. The maximum absolute atomic E-state index is 12.1. The van der Waals surface area contributed by atoms with Crippen LogP contribution in [0, 0.1) is 20.8 Å². The summed E-state index contributed by atoms with van der Waals surface area (Å²) < 4.78 is 5.66. The highest BCUT2D eigenvalue weighted by molar-refractivity contribution is 5.97. The second-order valence-electron chi connectivity index (χ2n) is 5.72. The van der Waals surface area contributed by atoms with E-state index in [4.69, 9.17) is 4.74 Å². The number of hydrogen-bond acceptors (Lipinski definition) is 3. The Balaban J connectivity index is 2.01. The quantitative estimate of drug-likeness (QED) is 0.887. The standard InChI is InChI=1S/C19H22N2O3/c1-12-8-13(2)18(14(3)9-12)24-11-17(22)21-16-7-5-6-15(10-16)19(23)20-4/h5-10H,11H2,1-4H3,(H,20,23)(H,21,22). The highest BCUT2D eigenvalue weighted by Gasteiger charge is 2.10. The average Bonchev–Trinajstić information content (AvgIpc) is 2.53. The smallest absolute Gasteiger partial charge is 0.262 e. The van der Waals surface area contributed by atoms with E-state index in [-0.39, 0.29) is 18.4 Å². The molecule has 0 saturated carbocycles. The number of benzene rings is 2. The number of amides is 2. The third-order valence-electron chi connectivity index (χ3n) is 3.59. The summed E-state index contributed by atoms with van der Waals surface area (Å²) in [5.74, 6) is 0.256. The molecule has 2 N–H and O–H groups in total. The number of rotatable bonds is 5. The fourth-order valence-electron chi connectivity index (χ4n) is 2.61. The summed E-state index contributed by atoms with van der Waals surface area (Å²) in [5.41, 5.74) is 4.21. The average molecular weight is 326 g/mol. The first-order valence-electron chi connectivity index (χ1n) is 7.73. The van der Waals surface area contributed by atoms with Gasteiger partial charge in [-0.05, 0) is 50.1 Å². The number of ether oxygens (including phenoxy) is 1. The van der Waals surface area contributed by atoms with Crippen LogP contribution < -0.4 is 15.4 Å². The number of aryl methyl sites for hydroxylation is 3. The van der Waals surface area contributed by atoms with Gasteiger partial charge in [0.25, 0.3) is 11.8 Å². The van der Waals surface area contributed by atoms with Gasteiger partial charge in [0.05, 0.1) is 0 Å². The Kier molecular flexibility index (Phi) is 5.58. The lowest BCUT2D eigenvalue weighted by molar-refractivity contribution is -0.118. The molecule has 0 radical (unpaired) electrons. The fourth-order valence-corrected chi connectivity index (χ4v) is 2.61. The molecule has 126 valence electrons. The molecule has 0 aromatic heterocycles. The van der Waals surface area contributed by atoms with E-state index < -0.39 is 0 Å². The highest BCUT2D eigenvalue weighted by atomic mass is 16.5. The molecule has 0 bridgehead atoms. The summed E-state index contributed by atoms with van der Waals surface area (Å²) in [6, 6.07) is 10.8. The van der Waals surface area contributed by atoms with Gasteiger partial charge in [0, 0.05) is 18.3 Å². The van der Waals surface area contributed by atoms with E-state index in [2.05, 4.69) is 10.6 Å². The van der Waals surface area contributed by atoms with Crippen molar-refractivity contribution in [2.75, 3.05) is 19.0 Å². The lowest BCUT2D eigenvalue weighted by Gasteiger charge is -2.13. The van der Waals surface area contributed by atoms with Crippen molar-refractivity contribution in [3.05, 3.63) is 58.7 Å². The predicted molar refractivity (Wildman–Crippen MR) is 94.6 cm³/mol. The second-order valence-corrected chi connectivity index (χ2v) is 5.72. The summed E-state index contributed by atoms with van der Waals surface area (Å²) >= 11 is 0. The van der Waals surface area contributed by atoms with E-state index in [1.54, 1.807) is 31.3 Å². The van der Waals surface area contributed by atoms with E-state index in [9.17, 15) is 9.59 Å². The van der Waals surface area contributed by atoms with Crippen LogP contribution in [0.4, 0.5) is 5.69 Å². The van der Waals surface area contributed by atoms with Crippen LogP contribution >= 0.6 is 0 Å². The molecular formula is C19H22N2O3. The van der Waals surface area contributed by atoms with Crippen LogP contribution in [0.1, 0.15) is 27.0 Å². The molecule has 24 heavy (non-hydrogen) atoms. The Bertz CT molecular complexity index is 746. The summed E-state index contributed by atoms with van der Waals surface area (Å²) in [5, 5.41) is 5.29. The topological polar surface area (TPSA) is 67.4 Å².